The van der Waals surface area contributed by atoms with Crippen LogP contribution in [0.4, 0.5) is 0 Å². The molecular formula is C11H18O3. The van der Waals surface area contributed by atoms with Gasteiger partial charge in [0.15, 0.2) is 0 Å². The van der Waals surface area contributed by atoms with Crippen molar-refractivity contribution in [2.24, 2.45) is 17.8 Å². The lowest BCUT2D eigenvalue weighted by molar-refractivity contribution is -0.147. The number of aldehydes is 1. The Morgan fingerprint density at radius 2 is 2.21 bits per heavy atom. The van der Waals surface area contributed by atoms with Gasteiger partial charge in [-0.1, -0.05) is 13.3 Å². The second-order valence-electron chi connectivity index (χ2n) is 4.13. The molecule has 0 aliphatic heterocycles. The lowest BCUT2D eigenvalue weighted by Crippen LogP contribution is -2.27. The zero-order valence-electron chi connectivity index (χ0n) is 8.86. The van der Waals surface area contributed by atoms with Crippen LogP contribution < -0.4 is 0 Å². The van der Waals surface area contributed by atoms with Crippen molar-refractivity contribution in [3.05, 3.63) is 0 Å². The van der Waals surface area contributed by atoms with Crippen LogP contribution in [0.25, 0.3) is 0 Å². The first kappa shape index (κ1) is 11.2. The zero-order valence-corrected chi connectivity index (χ0v) is 8.86. The predicted molar refractivity (Wildman–Crippen MR) is 52.7 cm³/mol. The van der Waals surface area contributed by atoms with Crippen molar-refractivity contribution >= 4 is 12.3 Å². The highest BCUT2D eigenvalue weighted by Gasteiger charge is 2.29. The fourth-order valence-corrected chi connectivity index (χ4v) is 2.22. The molecule has 1 fully saturated rings. The molecule has 0 bridgehead atoms. The number of carbonyl (C=O) groups is 2. The van der Waals surface area contributed by atoms with Crippen LogP contribution in [0.2, 0.25) is 0 Å². The van der Waals surface area contributed by atoms with Crippen LogP contribution in [0.3, 0.4) is 0 Å². The SMILES string of the molecule is COC(=O)C(C)C1CCCC(C=O)C1. The molecule has 1 aliphatic carbocycles. The van der Waals surface area contributed by atoms with Gasteiger partial charge >= 0.3 is 5.97 Å². The van der Waals surface area contributed by atoms with E-state index < -0.39 is 0 Å². The van der Waals surface area contributed by atoms with E-state index in [0.717, 1.165) is 32.0 Å². The van der Waals surface area contributed by atoms with Crippen LogP contribution in [0.1, 0.15) is 32.6 Å². The van der Waals surface area contributed by atoms with Crippen LogP contribution in [0.5, 0.6) is 0 Å². The van der Waals surface area contributed by atoms with Gasteiger partial charge in [0.05, 0.1) is 13.0 Å². The molecule has 3 nitrogen and oxygen atoms in total. The van der Waals surface area contributed by atoms with Crippen LogP contribution in [-0.4, -0.2) is 19.4 Å². The Bertz CT molecular complexity index is 213. The van der Waals surface area contributed by atoms with Crippen molar-refractivity contribution < 1.29 is 14.3 Å². The molecule has 1 aliphatic rings. The summed E-state index contributed by atoms with van der Waals surface area (Å²) in [5, 5.41) is 0. The lowest BCUT2D eigenvalue weighted by Gasteiger charge is -2.29. The summed E-state index contributed by atoms with van der Waals surface area (Å²) >= 11 is 0. The summed E-state index contributed by atoms with van der Waals surface area (Å²) in [6.07, 6.45) is 4.94. The van der Waals surface area contributed by atoms with Gasteiger partial charge in [0, 0.05) is 5.92 Å². The molecule has 3 atom stereocenters. The Balaban J connectivity index is 2.50. The van der Waals surface area contributed by atoms with Crippen LogP contribution in [-0.2, 0) is 14.3 Å². The molecule has 80 valence electrons. The van der Waals surface area contributed by atoms with E-state index in [4.69, 9.17) is 4.74 Å². The van der Waals surface area contributed by atoms with Crippen LogP contribution in [0.15, 0.2) is 0 Å². The van der Waals surface area contributed by atoms with E-state index in [1.165, 1.54) is 7.11 Å². The number of carbonyl (C=O) groups excluding carboxylic acids is 2. The van der Waals surface area contributed by atoms with Gasteiger partial charge in [-0.2, -0.15) is 0 Å². The van der Waals surface area contributed by atoms with E-state index >= 15 is 0 Å². The Labute approximate surface area is 84.8 Å². The highest BCUT2D eigenvalue weighted by atomic mass is 16.5. The molecule has 0 aromatic rings. The number of esters is 1. The number of rotatable bonds is 3. The third-order valence-electron chi connectivity index (χ3n) is 3.23. The van der Waals surface area contributed by atoms with Crippen molar-refractivity contribution in [1.82, 2.24) is 0 Å². The molecule has 3 heteroatoms. The third-order valence-corrected chi connectivity index (χ3v) is 3.23. The van der Waals surface area contributed by atoms with E-state index in [1.54, 1.807) is 0 Å². The minimum Gasteiger partial charge on any atom is -0.469 e. The van der Waals surface area contributed by atoms with Crippen molar-refractivity contribution in [1.29, 1.82) is 0 Å². The number of ether oxygens (including phenoxy) is 1. The molecule has 1 rings (SSSR count). The Kier molecular flexibility index (Phi) is 4.11. The minimum atomic E-state index is -0.151. The first-order chi connectivity index (χ1) is 6.69. The van der Waals surface area contributed by atoms with Crippen molar-refractivity contribution in [2.75, 3.05) is 7.11 Å². The maximum absolute atomic E-state index is 11.3. The zero-order chi connectivity index (χ0) is 10.6. The Morgan fingerprint density at radius 1 is 1.50 bits per heavy atom. The average Bonchev–Trinajstić information content (AvgIpc) is 2.27. The molecule has 0 heterocycles. The van der Waals surface area contributed by atoms with Crippen molar-refractivity contribution in [3.63, 3.8) is 0 Å². The summed E-state index contributed by atoms with van der Waals surface area (Å²) in [6.45, 7) is 1.89. The van der Waals surface area contributed by atoms with E-state index in [1.807, 2.05) is 6.92 Å². The number of methoxy groups -OCH3 is 1. The molecular weight excluding hydrogens is 180 g/mol. The van der Waals surface area contributed by atoms with E-state index in [-0.39, 0.29) is 17.8 Å². The smallest absolute Gasteiger partial charge is 0.308 e. The molecule has 14 heavy (non-hydrogen) atoms. The van der Waals surface area contributed by atoms with Crippen molar-refractivity contribution in [2.45, 2.75) is 32.6 Å². The molecule has 0 N–H and O–H groups in total. The molecule has 3 unspecified atom stereocenters. The molecule has 0 aromatic heterocycles. The monoisotopic (exact) mass is 198 g/mol. The highest BCUT2D eigenvalue weighted by molar-refractivity contribution is 5.72. The largest absolute Gasteiger partial charge is 0.469 e. The van der Waals surface area contributed by atoms with E-state index in [9.17, 15) is 9.59 Å². The Morgan fingerprint density at radius 3 is 2.79 bits per heavy atom. The predicted octanol–water partition coefficient (Wildman–Crippen LogP) is 1.80. The normalized spacial score (nSPS) is 29.3. The highest BCUT2D eigenvalue weighted by Crippen LogP contribution is 2.33. The van der Waals surface area contributed by atoms with E-state index in [0.29, 0.717) is 5.92 Å². The van der Waals surface area contributed by atoms with Gasteiger partial charge in [-0.15, -0.1) is 0 Å². The second-order valence-corrected chi connectivity index (χ2v) is 4.13. The minimum absolute atomic E-state index is 0.0669. The van der Waals surface area contributed by atoms with Gasteiger partial charge < -0.3 is 9.53 Å². The average molecular weight is 198 g/mol. The molecule has 0 aromatic carbocycles. The van der Waals surface area contributed by atoms with E-state index in [2.05, 4.69) is 0 Å². The summed E-state index contributed by atoms with van der Waals surface area (Å²) in [5.41, 5.74) is 0. The molecule has 1 saturated carbocycles. The lowest BCUT2D eigenvalue weighted by atomic mass is 9.76. The van der Waals surface area contributed by atoms with Gasteiger partial charge in [-0.05, 0) is 25.2 Å². The Hall–Kier alpha value is -0.860. The fraction of sp³-hybridized carbons (Fsp3) is 0.818. The fourth-order valence-electron chi connectivity index (χ4n) is 2.22. The summed E-state index contributed by atoms with van der Waals surface area (Å²) in [5.74, 6) is 0.261. The topological polar surface area (TPSA) is 43.4 Å². The number of hydrogen-bond acceptors (Lipinski definition) is 3. The van der Waals surface area contributed by atoms with Gasteiger partial charge in [0.2, 0.25) is 0 Å². The first-order valence-corrected chi connectivity index (χ1v) is 5.22. The van der Waals surface area contributed by atoms with Gasteiger partial charge in [0.25, 0.3) is 0 Å². The van der Waals surface area contributed by atoms with Crippen LogP contribution >= 0.6 is 0 Å². The first-order valence-electron chi connectivity index (χ1n) is 5.22. The quantitative estimate of drug-likeness (QED) is 0.513. The molecule has 0 spiro atoms. The summed E-state index contributed by atoms with van der Waals surface area (Å²) < 4.78 is 4.71. The maximum Gasteiger partial charge on any atom is 0.308 e. The molecule has 0 saturated heterocycles. The second kappa shape index (κ2) is 5.13. The number of hydrogen-bond donors (Lipinski definition) is 0. The van der Waals surface area contributed by atoms with Gasteiger partial charge in [-0.25, -0.2) is 0 Å². The van der Waals surface area contributed by atoms with Gasteiger partial charge in [0.1, 0.15) is 6.29 Å². The molecule has 0 amide bonds. The van der Waals surface area contributed by atoms with Gasteiger partial charge in [-0.3, -0.25) is 4.79 Å². The summed E-state index contributed by atoms with van der Waals surface area (Å²) in [6, 6.07) is 0. The molecule has 0 radical (unpaired) electrons. The van der Waals surface area contributed by atoms with Crippen LogP contribution in [0, 0.1) is 17.8 Å². The van der Waals surface area contributed by atoms with Crippen molar-refractivity contribution in [3.8, 4) is 0 Å². The summed E-state index contributed by atoms with van der Waals surface area (Å²) in [7, 11) is 1.42. The summed E-state index contributed by atoms with van der Waals surface area (Å²) in [4.78, 5) is 21.9. The standard InChI is InChI=1S/C11H18O3/c1-8(11(13)14-2)10-5-3-4-9(6-10)7-12/h7-10H,3-6H2,1-2H3. The maximum atomic E-state index is 11.3. The third kappa shape index (κ3) is 2.56.